The molecule has 3 N–H and O–H groups in total. The fourth-order valence-corrected chi connectivity index (χ4v) is 3.41. The lowest BCUT2D eigenvalue weighted by atomic mass is 10.0. The maximum atomic E-state index is 5.92. The van der Waals surface area contributed by atoms with E-state index in [0.717, 1.165) is 30.2 Å². The highest BCUT2D eigenvalue weighted by Crippen LogP contribution is 2.38. The predicted octanol–water partition coefficient (Wildman–Crippen LogP) is 4.06. The molecule has 0 saturated heterocycles. The molecule has 3 aromatic rings. The number of nitrogens with one attached hydrogen (secondary N) is 3. The summed E-state index contributed by atoms with van der Waals surface area (Å²) >= 11 is 4.39. The van der Waals surface area contributed by atoms with E-state index in [1.54, 1.807) is 0 Å². The fourth-order valence-electron chi connectivity index (χ4n) is 3.14. The van der Waals surface area contributed by atoms with E-state index in [4.69, 9.17) is 4.74 Å². The molecular formula is C20H21N3OS. The van der Waals surface area contributed by atoms with Gasteiger partial charge in [-0.05, 0) is 28.5 Å². The molecule has 1 aliphatic heterocycles. The first-order valence-electron chi connectivity index (χ1n) is 8.45. The highest BCUT2D eigenvalue weighted by Gasteiger charge is 2.19. The second-order valence-electron chi connectivity index (χ2n) is 6.03. The molecule has 0 bridgehead atoms. The summed E-state index contributed by atoms with van der Waals surface area (Å²) in [6.07, 6.45) is 0. The maximum absolute atomic E-state index is 5.92. The van der Waals surface area contributed by atoms with Crippen molar-refractivity contribution < 1.29 is 4.74 Å². The average Bonchev–Trinajstić information content (AvgIpc) is 3.02. The van der Waals surface area contributed by atoms with Gasteiger partial charge in [0.15, 0.2) is 0 Å². The van der Waals surface area contributed by atoms with Crippen molar-refractivity contribution in [3.8, 4) is 5.75 Å². The van der Waals surface area contributed by atoms with Crippen LogP contribution in [-0.4, -0.2) is 18.6 Å². The van der Waals surface area contributed by atoms with Crippen molar-refractivity contribution in [3.05, 3.63) is 66.2 Å². The monoisotopic (exact) mass is 351 g/mol. The Morgan fingerprint density at radius 2 is 1.80 bits per heavy atom. The molecule has 0 aliphatic carbocycles. The van der Waals surface area contributed by atoms with E-state index >= 15 is 0 Å². The summed E-state index contributed by atoms with van der Waals surface area (Å²) in [6.45, 7) is 2.22. The second kappa shape index (κ2) is 7.25. The molecule has 1 atom stereocenters. The summed E-state index contributed by atoms with van der Waals surface area (Å²) in [4.78, 5) is 0. The summed E-state index contributed by atoms with van der Waals surface area (Å²) in [7, 11) is 0. The zero-order chi connectivity index (χ0) is 17.1. The molecular weight excluding hydrogens is 330 g/mol. The third kappa shape index (κ3) is 3.52. The normalized spacial score (nSPS) is 15.5. The van der Waals surface area contributed by atoms with Crippen LogP contribution in [0.5, 0.6) is 5.75 Å². The molecule has 128 valence electrons. The van der Waals surface area contributed by atoms with Crippen molar-refractivity contribution in [1.82, 2.24) is 5.32 Å². The van der Waals surface area contributed by atoms with Crippen molar-refractivity contribution in [2.75, 3.05) is 23.8 Å². The lowest BCUT2D eigenvalue weighted by molar-refractivity contribution is 0.315. The van der Waals surface area contributed by atoms with Crippen LogP contribution in [0.2, 0.25) is 0 Å². The van der Waals surface area contributed by atoms with Crippen LogP contribution in [0, 0.1) is 0 Å². The van der Waals surface area contributed by atoms with Gasteiger partial charge >= 0.3 is 0 Å². The smallest absolute Gasteiger partial charge is 0.144 e. The van der Waals surface area contributed by atoms with Crippen LogP contribution in [0.1, 0.15) is 5.56 Å². The Morgan fingerprint density at radius 3 is 2.76 bits per heavy atom. The second-order valence-corrected chi connectivity index (χ2v) is 6.55. The highest BCUT2D eigenvalue weighted by atomic mass is 32.1. The van der Waals surface area contributed by atoms with Crippen LogP contribution in [0.25, 0.3) is 10.8 Å². The van der Waals surface area contributed by atoms with Gasteiger partial charge in [-0.1, -0.05) is 48.5 Å². The summed E-state index contributed by atoms with van der Waals surface area (Å²) in [6, 6.07) is 20.9. The first-order chi connectivity index (χ1) is 12.3. The van der Waals surface area contributed by atoms with Crippen molar-refractivity contribution in [2.45, 2.75) is 12.0 Å². The highest BCUT2D eigenvalue weighted by molar-refractivity contribution is 7.81. The van der Waals surface area contributed by atoms with Crippen LogP contribution in [0.15, 0.2) is 60.7 Å². The van der Waals surface area contributed by atoms with Crippen LogP contribution < -0.4 is 20.7 Å². The molecule has 5 heteroatoms. The third-order valence-corrected chi connectivity index (χ3v) is 4.59. The van der Waals surface area contributed by atoms with Gasteiger partial charge in [0.25, 0.3) is 0 Å². The molecule has 3 aromatic carbocycles. The summed E-state index contributed by atoms with van der Waals surface area (Å²) in [5.74, 6) is 0.855. The van der Waals surface area contributed by atoms with Crippen molar-refractivity contribution in [3.63, 3.8) is 0 Å². The molecule has 0 amide bonds. The van der Waals surface area contributed by atoms with E-state index in [1.165, 1.54) is 16.3 Å². The number of para-hydroxylation sites is 1. The van der Waals surface area contributed by atoms with E-state index in [9.17, 15) is 0 Å². The van der Waals surface area contributed by atoms with Gasteiger partial charge in [-0.3, -0.25) is 0 Å². The van der Waals surface area contributed by atoms with Crippen LogP contribution in [0.3, 0.4) is 0 Å². The molecule has 0 aromatic heterocycles. The fraction of sp³-hybridized carbons (Fsp3) is 0.200. The Balaban J connectivity index is 1.31. The molecule has 0 radical (unpaired) electrons. The Bertz CT molecular complexity index is 878. The van der Waals surface area contributed by atoms with Crippen molar-refractivity contribution in [2.24, 2.45) is 0 Å². The first kappa shape index (κ1) is 16.1. The lowest BCUT2D eigenvalue weighted by Crippen LogP contribution is -2.21. The van der Waals surface area contributed by atoms with Gasteiger partial charge in [0.1, 0.15) is 23.5 Å². The van der Waals surface area contributed by atoms with E-state index in [2.05, 4.69) is 71.0 Å². The molecule has 4 rings (SSSR count). The van der Waals surface area contributed by atoms with Gasteiger partial charge in [0.2, 0.25) is 0 Å². The molecule has 1 unspecified atom stereocenters. The van der Waals surface area contributed by atoms with Crippen LogP contribution in [0.4, 0.5) is 11.4 Å². The number of benzene rings is 3. The number of anilines is 2. The van der Waals surface area contributed by atoms with Crippen LogP contribution in [-0.2, 0) is 6.54 Å². The summed E-state index contributed by atoms with van der Waals surface area (Å²) in [5, 5.41) is 12.5. The topological polar surface area (TPSA) is 45.3 Å². The van der Waals surface area contributed by atoms with Gasteiger partial charge in [0.05, 0.1) is 5.69 Å². The van der Waals surface area contributed by atoms with Gasteiger partial charge in [0, 0.05) is 13.1 Å². The Kier molecular flexibility index (Phi) is 4.68. The molecule has 1 aliphatic rings. The van der Waals surface area contributed by atoms with Gasteiger partial charge in [-0.15, -0.1) is 12.6 Å². The predicted molar refractivity (Wildman–Crippen MR) is 108 cm³/mol. The molecule has 25 heavy (non-hydrogen) atoms. The Morgan fingerprint density at radius 1 is 0.960 bits per heavy atom. The average molecular weight is 351 g/mol. The quantitative estimate of drug-likeness (QED) is 0.399. The standard InChI is InChI=1S/C20H21N3OS/c25-20-22-17-9-4-10-18(19(17)23-20)24-12-11-21-13-15-7-3-6-14-5-1-2-8-16(14)15/h1-10,20-23,25H,11-13H2. The Hall–Kier alpha value is -2.37. The zero-order valence-electron chi connectivity index (χ0n) is 13.8. The minimum absolute atomic E-state index is 0.0655. The number of ether oxygens (including phenoxy) is 1. The van der Waals surface area contributed by atoms with Crippen molar-refractivity contribution >= 4 is 34.8 Å². The molecule has 0 spiro atoms. The van der Waals surface area contributed by atoms with E-state index in [0.29, 0.717) is 6.61 Å². The van der Waals surface area contributed by atoms with E-state index in [-0.39, 0.29) is 5.50 Å². The van der Waals surface area contributed by atoms with Gasteiger partial charge in [-0.2, -0.15) is 0 Å². The first-order valence-corrected chi connectivity index (χ1v) is 8.97. The number of rotatable bonds is 6. The minimum atomic E-state index is -0.0655. The molecule has 0 saturated carbocycles. The molecule has 4 nitrogen and oxygen atoms in total. The summed E-state index contributed by atoms with van der Waals surface area (Å²) < 4.78 is 5.92. The molecule has 0 fully saturated rings. The zero-order valence-corrected chi connectivity index (χ0v) is 14.7. The largest absolute Gasteiger partial charge is 0.490 e. The van der Waals surface area contributed by atoms with E-state index in [1.807, 2.05) is 18.2 Å². The number of hydrogen-bond acceptors (Lipinski definition) is 5. The Labute approximate surface area is 153 Å². The number of fused-ring (bicyclic) bond motifs is 2. The molecule has 1 heterocycles. The third-order valence-electron chi connectivity index (χ3n) is 4.33. The summed E-state index contributed by atoms with van der Waals surface area (Å²) in [5.41, 5.74) is 3.25. The lowest BCUT2D eigenvalue weighted by Gasteiger charge is -2.12. The van der Waals surface area contributed by atoms with Gasteiger partial charge < -0.3 is 20.7 Å². The van der Waals surface area contributed by atoms with E-state index < -0.39 is 0 Å². The number of thiol groups is 1. The van der Waals surface area contributed by atoms with Gasteiger partial charge in [-0.25, -0.2) is 0 Å². The minimum Gasteiger partial charge on any atom is -0.490 e. The SMILES string of the molecule is SC1Nc2cccc(OCCNCc3cccc4ccccc34)c2N1. The van der Waals surface area contributed by atoms with Crippen molar-refractivity contribution in [1.29, 1.82) is 0 Å². The maximum Gasteiger partial charge on any atom is 0.144 e. The number of hydrogen-bond donors (Lipinski definition) is 4. The van der Waals surface area contributed by atoms with Crippen LogP contribution >= 0.6 is 12.6 Å².